The Bertz CT molecular complexity index is 396. The predicted molar refractivity (Wildman–Crippen MR) is 89.6 cm³/mol. The first-order valence-electron chi connectivity index (χ1n) is 8.62. The lowest BCUT2D eigenvalue weighted by Crippen LogP contribution is -2.17. The van der Waals surface area contributed by atoms with Gasteiger partial charge in [-0.1, -0.05) is 43.6 Å². The van der Waals surface area contributed by atoms with Gasteiger partial charge in [0.2, 0.25) is 0 Å². The van der Waals surface area contributed by atoms with E-state index in [1.807, 2.05) is 5.57 Å². The highest BCUT2D eigenvalue weighted by atomic mass is 14.4. The van der Waals surface area contributed by atoms with Crippen LogP contribution in [-0.2, 0) is 0 Å². The maximum Gasteiger partial charge on any atom is 0.0931 e. The molecule has 0 aromatic carbocycles. The lowest BCUT2D eigenvalue weighted by atomic mass is 9.75. The summed E-state index contributed by atoms with van der Waals surface area (Å²) in [5.74, 6) is 2.45. The molecule has 0 unspecified atom stereocenters. The Labute approximate surface area is 126 Å². The SMILES string of the molecule is C/C1=C\CC[C+](C)CC[C@@]2(C)CCC(C(C)C)=C2CC1. The van der Waals surface area contributed by atoms with E-state index >= 15 is 0 Å². The van der Waals surface area contributed by atoms with Crippen LogP contribution in [0.3, 0.4) is 0 Å². The van der Waals surface area contributed by atoms with Gasteiger partial charge in [0.1, 0.15) is 0 Å². The zero-order valence-corrected chi connectivity index (χ0v) is 14.3. The van der Waals surface area contributed by atoms with Gasteiger partial charge in [-0.2, -0.15) is 0 Å². The summed E-state index contributed by atoms with van der Waals surface area (Å²) in [7, 11) is 0. The maximum absolute atomic E-state index is 2.54. The van der Waals surface area contributed by atoms with Crippen LogP contribution in [0.25, 0.3) is 0 Å². The number of hydrogen-bond donors (Lipinski definition) is 0. The molecule has 0 bridgehead atoms. The molecule has 2 rings (SSSR count). The molecule has 0 fully saturated rings. The van der Waals surface area contributed by atoms with Gasteiger partial charge in [0.05, 0.1) is 25.7 Å². The molecular weight excluding hydrogens is 240 g/mol. The zero-order valence-electron chi connectivity index (χ0n) is 14.3. The second-order valence-corrected chi connectivity index (χ2v) is 7.77. The molecule has 0 aromatic heterocycles. The average Bonchev–Trinajstić information content (AvgIpc) is 2.70. The first kappa shape index (κ1) is 15.7. The third-order valence-electron chi connectivity index (χ3n) is 5.70. The maximum atomic E-state index is 2.54. The van der Waals surface area contributed by atoms with Crippen molar-refractivity contribution >= 4 is 0 Å². The highest BCUT2D eigenvalue weighted by Gasteiger charge is 2.38. The van der Waals surface area contributed by atoms with E-state index in [0.717, 1.165) is 5.92 Å². The summed E-state index contributed by atoms with van der Waals surface area (Å²) >= 11 is 0. The van der Waals surface area contributed by atoms with Crippen LogP contribution in [0.1, 0.15) is 86.0 Å². The van der Waals surface area contributed by atoms with Crippen molar-refractivity contribution in [2.75, 3.05) is 0 Å². The second kappa shape index (κ2) is 6.41. The Hall–Kier alpha value is -0.650. The van der Waals surface area contributed by atoms with Gasteiger partial charge in [0, 0.05) is 6.42 Å². The standard InChI is InChI=1S/C20H33/c1-15(2)18-12-14-20(5)13-11-17(4)8-6-7-16(3)9-10-19(18)20/h7,15H,6,8-14H2,1-5H3/q+1/b16-7+/t20-/m0/s1. The lowest BCUT2D eigenvalue weighted by Gasteiger charge is -2.28. The summed E-state index contributed by atoms with van der Waals surface area (Å²) in [4.78, 5) is 0. The topological polar surface area (TPSA) is 0 Å². The highest BCUT2D eigenvalue weighted by molar-refractivity contribution is 5.30. The summed E-state index contributed by atoms with van der Waals surface area (Å²) < 4.78 is 0. The van der Waals surface area contributed by atoms with E-state index in [2.05, 4.69) is 40.7 Å². The van der Waals surface area contributed by atoms with Gasteiger partial charge in [-0.05, 0) is 50.4 Å². The van der Waals surface area contributed by atoms with E-state index in [1.165, 1.54) is 51.4 Å². The Morgan fingerprint density at radius 3 is 2.55 bits per heavy atom. The molecule has 0 radical (unpaired) electrons. The van der Waals surface area contributed by atoms with Crippen LogP contribution < -0.4 is 0 Å². The van der Waals surface area contributed by atoms with Crippen molar-refractivity contribution in [3.8, 4) is 0 Å². The van der Waals surface area contributed by atoms with E-state index in [-0.39, 0.29) is 0 Å². The largest absolute Gasteiger partial charge is 0.0931 e. The van der Waals surface area contributed by atoms with E-state index in [1.54, 1.807) is 17.1 Å². The fourth-order valence-electron chi connectivity index (χ4n) is 4.08. The molecule has 20 heavy (non-hydrogen) atoms. The van der Waals surface area contributed by atoms with E-state index in [4.69, 9.17) is 0 Å². The Morgan fingerprint density at radius 2 is 1.85 bits per heavy atom. The van der Waals surface area contributed by atoms with Crippen molar-refractivity contribution in [3.63, 3.8) is 0 Å². The van der Waals surface area contributed by atoms with Gasteiger partial charge < -0.3 is 0 Å². The minimum absolute atomic E-state index is 0.492. The van der Waals surface area contributed by atoms with Crippen molar-refractivity contribution in [2.45, 2.75) is 86.0 Å². The normalized spacial score (nSPS) is 31.9. The first-order chi connectivity index (χ1) is 9.42. The second-order valence-electron chi connectivity index (χ2n) is 7.77. The van der Waals surface area contributed by atoms with Crippen LogP contribution in [0.5, 0.6) is 0 Å². The van der Waals surface area contributed by atoms with Gasteiger partial charge in [0.25, 0.3) is 0 Å². The van der Waals surface area contributed by atoms with Crippen molar-refractivity contribution in [3.05, 3.63) is 28.7 Å². The Morgan fingerprint density at radius 1 is 1.10 bits per heavy atom. The van der Waals surface area contributed by atoms with E-state index in [0.29, 0.717) is 5.41 Å². The molecule has 112 valence electrons. The average molecular weight is 273 g/mol. The molecule has 0 nitrogen and oxygen atoms in total. The molecule has 1 atom stereocenters. The summed E-state index contributed by atoms with van der Waals surface area (Å²) in [5, 5.41) is 0. The van der Waals surface area contributed by atoms with Crippen molar-refractivity contribution < 1.29 is 0 Å². The summed E-state index contributed by atoms with van der Waals surface area (Å²) in [6.07, 6.45) is 13.1. The minimum Gasteiger partial charge on any atom is -0.0814 e. The third kappa shape index (κ3) is 3.51. The van der Waals surface area contributed by atoms with Crippen molar-refractivity contribution in [2.24, 2.45) is 11.3 Å². The molecule has 0 aliphatic heterocycles. The van der Waals surface area contributed by atoms with Crippen LogP contribution in [0.4, 0.5) is 0 Å². The monoisotopic (exact) mass is 273 g/mol. The fraction of sp³-hybridized carbons (Fsp3) is 0.750. The van der Waals surface area contributed by atoms with Crippen molar-refractivity contribution in [1.82, 2.24) is 0 Å². The summed E-state index contributed by atoms with van der Waals surface area (Å²) in [6.45, 7) is 12.0. The van der Waals surface area contributed by atoms with Gasteiger partial charge in [-0.25, -0.2) is 0 Å². The molecule has 0 heteroatoms. The molecule has 2 aliphatic rings. The molecule has 0 saturated carbocycles. The molecule has 0 aromatic rings. The number of hydrogen-bond acceptors (Lipinski definition) is 0. The Kier molecular flexibility index (Phi) is 5.04. The smallest absolute Gasteiger partial charge is 0.0814 e. The lowest BCUT2D eigenvalue weighted by molar-refractivity contribution is 0.343. The molecule has 0 amide bonds. The minimum atomic E-state index is 0.492. The molecular formula is C20H33+. The molecule has 0 spiro atoms. The third-order valence-corrected chi connectivity index (χ3v) is 5.70. The van der Waals surface area contributed by atoms with Crippen LogP contribution >= 0.6 is 0 Å². The summed E-state index contributed by atoms with van der Waals surface area (Å²) in [6, 6.07) is 0. The molecule has 0 saturated heterocycles. The van der Waals surface area contributed by atoms with Crippen LogP contribution in [0.2, 0.25) is 0 Å². The Balaban J connectivity index is 2.27. The van der Waals surface area contributed by atoms with Crippen LogP contribution in [-0.4, -0.2) is 0 Å². The number of allylic oxidation sites excluding steroid dienone is 4. The van der Waals surface area contributed by atoms with Crippen molar-refractivity contribution in [1.29, 1.82) is 0 Å². The highest BCUT2D eigenvalue weighted by Crippen LogP contribution is 2.51. The predicted octanol–water partition coefficient (Wildman–Crippen LogP) is 6.63. The van der Waals surface area contributed by atoms with E-state index in [9.17, 15) is 0 Å². The quantitative estimate of drug-likeness (QED) is 0.371. The van der Waals surface area contributed by atoms with Crippen LogP contribution in [0, 0.1) is 17.3 Å². The zero-order chi connectivity index (χ0) is 14.8. The van der Waals surface area contributed by atoms with Gasteiger partial charge in [-0.3, -0.25) is 0 Å². The number of fused-ring (bicyclic) bond motifs is 1. The molecule has 0 heterocycles. The van der Waals surface area contributed by atoms with Gasteiger partial charge in [-0.15, -0.1) is 0 Å². The van der Waals surface area contributed by atoms with Gasteiger partial charge in [0.15, 0.2) is 0 Å². The first-order valence-corrected chi connectivity index (χ1v) is 8.62. The fourth-order valence-corrected chi connectivity index (χ4v) is 4.08. The van der Waals surface area contributed by atoms with Gasteiger partial charge >= 0.3 is 0 Å². The summed E-state index contributed by atoms with van der Waals surface area (Å²) in [5.41, 5.74) is 5.71. The van der Waals surface area contributed by atoms with E-state index < -0.39 is 0 Å². The molecule has 2 aliphatic carbocycles. The number of rotatable bonds is 1. The molecule has 0 N–H and O–H groups in total. The van der Waals surface area contributed by atoms with Crippen LogP contribution in [0.15, 0.2) is 22.8 Å².